The highest BCUT2D eigenvalue weighted by molar-refractivity contribution is 7.81. The molecule has 0 aromatic rings. The molecule has 2 heteroatoms. The molecule has 2 atom stereocenters. The van der Waals surface area contributed by atoms with Crippen molar-refractivity contribution in [1.29, 1.82) is 0 Å². The molecule has 0 saturated carbocycles. The van der Waals surface area contributed by atoms with Gasteiger partial charge >= 0.3 is 0 Å². The van der Waals surface area contributed by atoms with Gasteiger partial charge in [0.1, 0.15) is 0 Å². The zero-order chi connectivity index (χ0) is 12.2. The molecular weight excluding hydrogens is 232 g/mol. The molecule has 0 heterocycles. The van der Waals surface area contributed by atoms with Crippen LogP contribution in [0.2, 0.25) is 0 Å². The molecule has 0 rings (SSSR count). The maximum Gasteiger partial charge on any atom is 0.00172 e. The monoisotopic (exact) mass is 262 g/mol. The van der Waals surface area contributed by atoms with Crippen molar-refractivity contribution in [2.45, 2.75) is 88.6 Å². The highest BCUT2D eigenvalue weighted by atomic mass is 32.1. The summed E-state index contributed by atoms with van der Waals surface area (Å²) in [6.45, 7) is 4.51. The number of thiol groups is 2. The van der Waals surface area contributed by atoms with Crippen molar-refractivity contribution < 1.29 is 0 Å². The van der Waals surface area contributed by atoms with E-state index in [0.717, 1.165) is 0 Å². The summed E-state index contributed by atoms with van der Waals surface area (Å²) in [5.74, 6) is 0. The largest absolute Gasteiger partial charge is 0.176 e. The fourth-order valence-electron chi connectivity index (χ4n) is 1.93. The molecule has 0 spiro atoms. The summed E-state index contributed by atoms with van der Waals surface area (Å²) in [7, 11) is 0. The lowest BCUT2D eigenvalue weighted by atomic mass is 10.0. The van der Waals surface area contributed by atoms with Crippen LogP contribution in [0, 0.1) is 0 Å². The van der Waals surface area contributed by atoms with E-state index in [1.807, 2.05) is 0 Å². The zero-order valence-electron chi connectivity index (χ0n) is 11.1. The van der Waals surface area contributed by atoms with E-state index in [1.54, 1.807) is 0 Å². The van der Waals surface area contributed by atoms with Crippen LogP contribution in [0.15, 0.2) is 0 Å². The van der Waals surface area contributed by atoms with Crippen molar-refractivity contribution in [3.63, 3.8) is 0 Å². The highest BCUT2D eigenvalue weighted by Crippen LogP contribution is 2.19. The molecule has 16 heavy (non-hydrogen) atoms. The van der Waals surface area contributed by atoms with Crippen LogP contribution >= 0.6 is 25.3 Å². The van der Waals surface area contributed by atoms with Gasteiger partial charge in [0.15, 0.2) is 0 Å². The Balaban J connectivity index is 3.32. The molecule has 0 aliphatic carbocycles. The molecule has 0 aromatic carbocycles. The number of rotatable bonds is 11. The average molecular weight is 263 g/mol. The van der Waals surface area contributed by atoms with Gasteiger partial charge in [0.05, 0.1) is 0 Å². The van der Waals surface area contributed by atoms with Gasteiger partial charge in [0.25, 0.3) is 0 Å². The highest BCUT2D eigenvalue weighted by Gasteiger charge is 2.07. The van der Waals surface area contributed by atoms with Gasteiger partial charge in [0.2, 0.25) is 0 Å². The summed E-state index contributed by atoms with van der Waals surface area (Å²) in [5.41, 5.74) is 0. The first-order valence-corrected chi connectivity index (χ1v) is 8.10. The molecule has 0 N–H and O–H groups in total. The van der Waals surface area contributed by atoms with Crippen LogP contribution in [-0.4, -0.2) is 10.5 Å². The Morgan fingerprint density at radius 2 is 1.00 bits per heavy atom. The Morgan fingerprint density at radius 1 is 0.625 bits per heavy atom. The van der Waals surface area contributed by atoms with Gasteiger partial charge in [-0.25, -0.2) is 0 Å². The van der Waals surface area contributed by atoms with Crippen molar-refractivity contribution in [1.82, 2.24) is 0 Å². The minimum atomic E-state index is 0.604. The SMILES string of the molecule is CCCCCC(S)CCC(S)CCCCC. The Kier molecular flexibility index (Phi) is 12.7. The molecule has 98 valence electrons. The van der Waals surface area contributed by atoms with Crippen LogP contribution in [0.4, 0.5) is 0 Å². The molecular formula is C14H30S2. The van der Waals surface area contributed by atoms with Gasteiger partial charge in [0, 0.05) is 10.5 Å². The smallest absolute Gasteiger partial charge is 0.00172 e. The first-order chi connectivity index (χ1) is 7.70. The molecule has 0 aromatic heterocycles. The predicted octanol–water partition coefficient (Wildman–Crippen LogP) is 5.52. The third-order valence-corrected chi connectivity index (χ3v) is 4.15. The van der Waals surface area contributed by atoms with Crippen LogP contribution < -0.4 is 0 Å². The molecule has 0 amide bonds. The molecule has 0 saturated heterocycles. The van der Waals surface area contributed by atoms with E-state index >= 15 is 0 Å². The Hall–Kier alpha value is 0.700. The second kappa shape index (κ2) is 12.2. The third-order valence-electron chi connectivity index (χ3n) is 3.11. The first kappa shape index (κ1) is 16.7. The van der Waals surface area contributed by atoms with Crippen molar-refractivity contribution in [3.8, 4) is 0 Å². The molecule has 0 nitrogen and oxygen atoms in total. The van der Waals surface area contributed by atoms with Gasteiger partial charge in [-0.2, -0.15) is 25.3 Å². The normalized spacial score (nSPS) is 15.0. The van der Waals surface area contributed by atoms with E-state index in [0.29, 0.717) is 10.5 Å². The molecule has 2 unspecified atom stereocenters. The fourth-order valence-corrected chi connectivity index (χ4v) is 2.60. The topological polar surface area (TPSA) is 0 Å². The Bertz CT molecular complexity index is 121. The molecule has 0 aliphatic rings. The van der Waals surface area contributed by atoms with Crippen molar-refractivity contribution in [2.75, 3.05) is 0 Å². The lowest BCUT2D eigenvalue weighted by Crippen LogP contribution is -2.05. The summed E-state index contributed by atoms with van der Waals surface area (Å²) in [4.78, 5) is 0. The molecule has 0 aliphatic heterocycles. The maximum absolute atomic E-state index is 4.65. The minimum Gasteiger partial charge on any atom is -0.176 e. The lowest BCUT2D eigenvalue weighted by molar-refractivity contribution is 0.567. The van der Waals surface area contributed by atoms with Crippen molar-refractivity contribution in [2.24, 2.45) is 0 Å². The number of hydrogen-bond donors (Lipinski definition) is 2. The Morgan fingerprint density at radius 3 is 1.31 bits per heavy atom. The predicted molar refractivity (Wildman–Crippen MR) is 83.1 cm³/mol. The van der Waals surface area contributed by atoms with Crippen molar-refractivity contribution >= 4 is 25.3 Å². The van der Waals surface area contributed by atoms with E-state index in [-0.39, 0.29) is 0 Å². The van der Waals surface area contributed by atoms with Crippen molar-refractivity contribution in [3.05, 3.63) is 0 Å². The third kappa shape index (κ3) is 11.2. The van der Waals surface area contributed by atoms with Crippen LogP contribution in [0.3, 0.4) is 0 Å². The lowest BCUT2D eigenvalue weighted by Gasteiger charge is -2.14. The molecule has 0 fully saturated rings. The molecule has 0 bridgehead atoms. The van der Waals surface area contributed by atoms with E-state index < -0.39 is 0 Å². The summed E-state index contributed by atoms with van der Waals surface area (Å²) in [6.07, 6.45) is 13.1. The van der Waals surface area contributed by atoms with E-state index in [9.17, 15) is 0 Å². The van der Waals surface area contributed by atoms with Crippen LogP contribution in [-0.2, 0) is 0 Å². The fraction of sp³-hybridized carbons (Fsp3) is 1.00. The second-order valence-corrected chi connectivity index (χ2v) is 6.34. The summed E-state index contributed by atoms with van der Waals surface area (Å²) in [6, 6.07) is 0. The van der Waals surface area contributed by atoms with Crippen LogP contribution in [0.1, 0.15) is 78.1 Å². The van der Waals surface area contributed by atoms with E-state index in [4.69, 9.17) is 0 Å². The number of unbranched alkanes of at least 4 members (excludes halogenated alkanes) is 4. The standard InChI is InChI=1S/C14H30S2/c1-3-5-7-9-13(15)11-12-14(16)10-8-6-4-2/h13-16H,3-12H2,1-2H3. The van der Waals surface area contributed by atoms with E-state index in [2.05, 4.69) is 39.1 Å². The summed E-state index contributed by atoms with van der Waals surface area (Å²) in [5, 5.41) is 1.21. The van der Waals surface area contributed by atoms with Gasteiger partial charge in [-0.05, 0) is 25.7 Å². The van der Waals surface area contributed by atoms with E-state index in [1.165, 1.54) is 64.2 Å². The molecule has 0 radical (unpaired) electrons. The number of hydrogen-bond acceptors (Lipinski definition) is 2. The quantitative estimate of drug-likeness (QED) is 0.355. The maximum atomic E-state index is 4.65. The second-order valence-electron chi connectivity index (χ2n) is 4.88. The van der Waals surface area contributed by atoms with Gasteiger partial charge in [-0.1, -0.05) is 52.4 Å². The summed E-state index contributed by atoms with van der Waals surface area (Å²) < 4.78 is 0. The van der Waals surface area contributed by atoms with Gasteiger partial charge in [-0.3, -0.25) is 0 Å². The average Bonchev–Trinajstić information content (AvgIpc) is 2.27. The van der Waals surface area contributed by atoms with Gasteiger partial charge < -0.3 is 0 Å². The van der Waals surface area contributed by atoms with Gasteiger partial charge in [-0.15, -0.1) is 0 Å². The first-order valence-electron chi connectivity index (χ1n) is 7.06. The Labute approximate surface area is 114 Å². The summed E-state index contributed by atoms with van der Waals surface area (Å²) >= 11 is 9.31. The van der Waals surface area contributed by atoms with Crippen LogP contribution in [0.25, 0.3) is 0 Å². The zero-order valence-corrected chi connectivity index (χ0v) is 12.9. The minimum absolute atomic E-state index is 0.604. The van der Waals surface area contributed by atoms with Crippen LogP contribution in [0.5, 0.6) is 0 Å².